The Labute approximate surface area is 264 Å². The molecule has 3 heterocycles. The van der Waals surface area contributed by atoms with Crippen molar-refractivity contribution in [3.8, 4) is 22.8 Å². The number of guanidine groups is 1. The van der Waals surface area contributed by atoms with Crippen molar-refractivity contribution < 1.29 is 41.7 Å². The number of rotatable bonds is 8. The molecule has 2 aromatic carbocycles. The van der Waals surface area contributed by atoms with Gasteiger partial charge in [-0.25, -0.2) is 9.37 Å². The average molecular weight is 653 g/mol. The molecule has 1 aliphatic heterocycles. The lowest BCUT2D eigenvalue weighted by molar-refractivity contribution is -0.265. The lowest BCUT2D eigenvalue weighted by Gasteiger charge is -2.31. The van der Waals surface area contributed by atoms with Crippen LogP contribution in [0.2, 0.25) is 0 Å². The summed E-state index contributed by atoms with van der Waals surface area (Å²) in [4.78, 5) is 34.9. The van der Waals surface area contributed by atoms with Gasteiger partial charge in [0.05, 0.1) is 18.3 Å². The Bertz CT molecular complexity index is 1920. The first-order valence-electron chi connectivity index (χ1n) is 14.4. The van der Waals surface area contributed by atoms with Gasteiger partial charge in [-0.2, -0.15) is 13.2 Å². The third-order valence-electron chi connectivity index (χ3n) is 8.09. The number of hydrogen-bond acceptors (Lipinski definition) is 8. The fourth-order valence-electron chi connectivity index (χ4n) is 5.24. The Kier molecular flexibility index (Phi) is 7.74. The zero-order valence-corrected chi connectivity index (χ0v) is 24.7. The molecule has 6 rings (SSSR count). The Balaban J connectivity index is 1.41. The maximum atomic E-state index is 14.9. The van der Waals surface area contributed by atoms with Crippen LogP contribution in [0.3, 0.4) is 0 Å². The summed E-state index contributed by atoms with van der Waals surface area (Å²) < 4.78 is 70.0. The Morgan fingerprint density at radius 1 is 1.17 bits per heavy atom. The van der Waals surface area contributed by atoms with Crippen LogP contribution in [0.25, 0.3) is 22.2 Å². The number of aliphatic hydroxyl groups is 1. The summed E-state index contributed by atoms with van der Waals surface area (Å²) in [5.41, 5.74) is -0.812. The number of carbonyl (C=O) groups excluding carboxylic acids is 2. The van der Waals surface area contributed by atoms with Gasteiger partial charge in [-0.3, -0.25) is 25.3 Å². The fourth-order valence-corrected chi connectivity index (χ4v) is 5.24. The molecule has 4 aromatic rings. The molecule has 0 saturated heterocycles. The second kappa shape index (κ2) is 11.5. The molecule has 47 heavy (non-hydrogen) atoms. The summed E-state index contributed by atoms with van der Waals surface area (Å²) in [6, 6.07) is 11.6. The molecule has 0 spiro atoms. The van der Waals surface area contributed by atoms with E-state index < -0.39 is 53.0 Å². The van der Waals surface area contributed by atoms with Crippen molar-refractivity contribution in [2.75, 3.05) is 13.2 Å². The number of amides is 2. The van der Waals surface area contributed by atoms with Gasteiger partial charge in [0.25, 0.3) is 5.91 Å². The number of fused-ring (bicyclic) bond motifs is 2. The number of ether oxygens (including phenoxy) is 2. The Morgan fingerprint density at radius 3 is 2.55 bits per heavy atom. The molecule has 1 aliphatic carbocycles. The summed E-state index contributed by atoms with van der Waals surface area (Å²) >= 11 is 0. The van der Waals surface area contributed by atoms with Gasteiger partial charge >= 0.3 is 6.18 Å². The van der Waals surface area contributed by atoms with Crippen LogP contribution in [-0.2, 0) is 15.8 Å². The normalized spacial score (nSPS) is 18.5. The van der Waals surface area contributed by atoms with Crippen LogP contribution in [0.4, 0.5) is 17.6 Å². The van der Waals surface area contributed by atoms with E-state index in [1.165, 1.54) is 31.2 Å². The highest BCUT2D eigenvalue weighted by Crippen LogP contribution is 2.48. The zero-order valence-electron chi connectivity index (χ0n) is 24.7. The van der Waals surface area contributed by atoms with E-state index in [9.17, 15) is 32.3 Å². The van der Waals surface area contributed by atoms with E-state index in [-0.39, 0.29) is 40.8 Å². The first kappa shape index (κ1) is 31.7. The smallest absolute Gasteiger partial charge is 0.424 e. The van der Waals surface area contributed by atoms with E-state index in [2.05, 4.69) is 20.6 Å². The monoisotopic (exact) mass is 652 g/mol. The Hall–Kier alpha value is -5.31. The highest BCUT2D eigenvalue weighted by atomic mass is 19.4. The lowest BCUT2D eigenvalue weighted by atomic mass is 9.81. The number of hydrogen-bond donors (Lipinski definition) is 5. The van der Waals surface area contributed by atoms with Gasteiger partial charge in [0.2, 0.25) is 11.5 Å². The van der Waals surface area contributed by atoms with Gasteiger partial charge in [-0.1, -0.05) is 6.07 Å². The van der Waals surface area contributed by atoms with E-state index >= 15 is 0 Å². The van der Waals surface area contributed by atoms with Crippen LogP contribution in [-0.4, -0.2) is 58.3 Å². The summed E-state index contributed by atoms with van der Waals surface area (Å²) in [7, 11) is 0. The molecule has 2 aliphatic rings. The molecule has 15 heteroatoms. The predicted octanol–water partition coefficient (Wildman–Crippen LogP) is 3.82. The average Bonchev–Trinajstić information content (AvgIpc) is 3.78. The molecule has 1 saturated carbocycles. The predicted molar refractivity (Wildman–Crippen MR) is 160 cm³/mol. The molecule has 0 bridgehead atoms. The molecule has 11 nitrogen and oxygen atoms in total. The van der Waals surface area contributed by atoms with Crippen molar-refractivity contribution >= 4 is 28.7 Å². The van der Waals surface area contributed by atoms with Gasteiger partial charge in [-0.05, 0) is 68.3 Å². The number of benzene rings is 2. The first-order chi connectivity index (χ1) is 22.2. The van der Waals surface area contributed by atoms with Gasteiger partial charge in [-0.15, -0.1) is 0 Å². The largest absolute Gasteiger partial charge is 0.489 e. The first-order valence-corrected chi connectivity index (χ1v) is 14.4. The van der Waals surface area contributed by atoms with Gasteiger partial charge in [0.1, 0.15) is 40.5 Å². The summed E-state index contributed by atoms with van der Waals surface area (Å²) in [5, 5.41) is 23.7. The fraction of sp³-hybridized carbons (Fsp3) is 0.281. The number of aromatic nitrogens is 2. The summed E-state index contributed by atoms with van der Waals surface area (Å²) in [5.74, 6) is -2.91. The minimum Gasteiger partial charge on any atom is -0.489 e. The lowest BCUT2D eigenvalue weighted by Crippen LogP contribution is -2.52. The molecular weight excluding hydrogens is 624 g/mol. The molecule has 2 atom stereocenters. The molecule has 6 N–H and O–H groups in total. The maximum Gasteiger partial charge on any atom is 0.424 e. The number of nitrogens with two attached hydrogens (primary N) is 1. The molecule has 0 radical (unpaired) electrons. The van der Waals surface area contributed by atoms with Crippen LogP contribution < -0.4 is 25.8 Å². The van der Waals surface area contributed by atoms with Crippen LogP contribution in [0.5, 0.6) is 11.5 Å². The quantitative estimate of drug-likeness (QED) is 0.109. The van der Waals surface area contributed by atoms with E-state index in [4.69, 9.17) is 20.6 Å². The molecule has 2 aromatic heterocycles. The highest BCUT2D eigenvalue weighted by molar-refractivity contribution is 6.02. The second-order valence-electron chi connectivity index (χ2n) is 11.6. The summed E-state index contributed by atoms with van der Waals surface area (Å²) in [6.07, 6.45) is -2.27. The van der Waals surface area contributed by atoms with Crippen molar-refractivity contribution in [2.45, 2.75) is 43.1 Å². The van der Waals surface area contributed by atoms with E-state index in [0.717, 1.165) is 31.0 Å². The molecule has 0 unspecified atom stereocenters. The van der Waals surface area contributed by atoms with Crippen molar-refractivity contribution in [3.05, 3.63) is 83.4 Å². The third kappa shape index (κ3) is 5.89. The number of carbonyl (C=O) groups is 2. The third-order valence-corrected chi connectivity index (χ3v) is 8.09. The van der Waals surface area contributed by atoms with Crippen LogP contribution in [0.15, 0.2) is 60.8 Å². The number of nitrogens with zero attached hydrogens (tertiary/aromatic N) is 2. The van der Waals surface area contributed by atoms with E-state index in [0.29, 0.717) is 16.7 Å². The minimum atomic E-state index is -5.40. The maximum absolute atomic E-state index is 14.9. The molecule has 2 amide bonds. The molecule has 244 valence electrons. The van der Waals surface area contributed by atoms with Crippen molar-refractivity contribution in [2.24, 2.45) is 5.73 Å². The molecule has 1 fully saturated rings. The Morgan fingerprint density at radius 2 is 1.89 bits per heavy atom. The van der Waals surface area contributed by atoms with Gasteiger partial charge in [0.15, 0.2) is 5.96 Å². The highest BCUT2D eigenvalue weighted by Gasteiger charge is 2.58. The van der Waals surface area contributed by atoms with E-state index in [1.54, 1.807) is 18.3 Å². The SMILES string of the molecule is C[C@]1(C(=O)NC(=N)N)COc2c1cc([C@@](O)(CNC(=O)c1cc(OC3CC3)c3ncccc3c1)C(F)(F)F)nc2-c1ccc(F)cc1. The number of pyridine rings is 2. The zero-order chi connectivity index (χ0) is 33.7. The minimum absolute atomic E-state index is 0.0264. The van der Waals surface area contributed by atoms with E-state index in [1.807, 2.05) is 0 Å². The molecular formula is C32H28F4N6O5. The number of nitrogens with one attached hydrogen (secondary N) is 3. The van der Waals surface area contributed by atoms with Crippen LogP contribution in [0, 0.1) is 11.2 Å². The van der Waals surface area contributed by atoms with Crippen molar-refractivity contribution in [1.29, 1.82) is 5.41 Å². The number of halogens is 4. The van der Waals surface area contributed by atoms with Crippen LogP contribution >= 0.6 is 0 Å². The second-order valence-corrected chi connectivity index (χ2v) is 11.6. The van der Waals surface area contributed by atoms with Crippen molar-refractivity contribution in [1.82, 2.24) is 20.6 Å². The number of alkyl halides is 3. The summed E-state index contributed by atoms with van der Waals surface area (Å²) in [6.45, 7) is -0.380. The van der Waals surface area contributed by atoms with Crippen molar-refractivity contribution in [3.63, 3.8) is 0 Å². The van der Waals surface area contributed by atoms with Crippen LogP contribution in [0.1, 0.15) is 41.4 Å². The van der Waals surface area contributed by atoms with Gasteiger partial charge in [0, 0.05) is 28.3 Å². The topological polar surface area (TPSA) is 173 Å². The van der Waals surface area contributed by atoms with Gasteiger partial charge < -0.3 is 25.6 Å². The standard InChI is InChI=1S/C32H28F4N6O5/c1-30(28(44)42-29(37)38)15-46-26-21(30)13-23(41-25(26)16-4-6-19(33)7-5-16)31(45,32(34,35)36)14-40-27(43)18-11-17-3-2-10-39-24(17)22(12-18)47-20-8-9-20/h2-7,10-13,20,45H,8-9,14-15H2,1H3,(H,40,43)(H4,37,38,42,44)/t30-,31-/m0/s1.